The molecule has 6 heteroatoms. The van der Waals surface area contributed by atoms with E-state index in [1.54, 1.807) is 6.07 Å². The van der Waals surface area contributed by atoms with Crippen LogP contribution in [0.3, 0.4) is 0 Å². The first-order chi connectivity index (χ1) is 12.6. The largest absolute Gasteiger partial charge is 0.378 e. The van der Waals surface area contributed by atoms with E-state index in [1.165, 1.54) is 6.92 Å². The molecule has 2 aromatic carbocycles. The maximum atomic E-state index is 12.5. The third kappa shape index (κ3) is 4.83. The molecule has 0 bridgehead atoms. The number of carbonyl (C=O) groups excluding carboxylic acids is 2. The van der Waals surface area contributed by atoms with Gasteiger partial charge in [0.05, 0.1) is 31.0 Å². The lowest BCUT2D eigenvalue weighted by molar-refractivity contribution is -0.116. The van der Waals surface area contributed by atoms with Gasteiger partial charge in [0.25, 0.3) is 0 Å². The average Bonchev–Trinajstić information content (AvgIpc) is 2.64. The smallest absolute Gasteiger partial charge is 0.228 e. The van der Waals surface area contributed by atoms with E-state index in [0.29, 0.717) is 25.3 Å². The van der Waals surface area contributed by atoms with Crippen LogP contribution in [0.1, 0.15) is 12.5 Å². The van der Waals surface area contributed by atoms with E-state index in [-0.39, 0.29) is 11.8 Å². The average molecular weight is 353 g/mol. The van der Waals surface area contributed by atoms with Crippen LogP contribution in [-0.4, -0.2) is 38.1 Å². The molecule has 1 heterocycles. The lowest BCUT2D eigenvalue weighted by Crippen LogP contribution is -2.37. The fourth-order valence-corrected chi connectivity index (χ4v) is 2.96. The number of rotatable bonds is 5. The van der Waals surface area contributed by atoms with E-state index in [1.807, 2.05) is 42.5 Å². The number of carbonyl (C=O) groups is 2. The number of amides is 2. The molecule has 0 unspecified atom stereocenters. The summed E-state index contributed by atoms with van der Waals surface area (Å²) in [6.45, 7) is 4.24. The van der Waals surface area contributed by atoms with Crippen molar-refractivity contribution in [3.63, 3.8) is 0 Å². The van der Waals surface area contributed by atoms with Gasteiger partial charge in [0.15, 0.2) is 0 Å². The predicted molar refractivity (Wildman–Crippen MR) is 103 cm³/mol. The summed E-state index contributed by atoms with van der Waals surface area (Å²) in [7, 11) is 0. The number of nitrogens with one attached hydrogen (secondary N) is 2. The van der Waals surface area contributed by atoms with Crippen molar-refractivity contribution in [1.82, 2.24) is 0 Å². The van der Waals surface area contributed by atoms with Gasteiger partial charge in [0.1, 0.15) is 0 Å². The van der Waals surface area contributed by atoms with Gasteiger partial charge in [0.2, 0.25) is 11.8 Å². The maximum absolute atomic E-state index is 12.5. The predicted octanol–water partition coefficient (Wildman–Crippen LogP) is 2.66. The number of anilines is 3. The molecule has 0 aromatic heterocycles. The van der Waals surface area contributed by atoms with Crippen molar-refractivity contribution in [2.24, 2.45) is 0 Å². The fourth-order valence-electron chi connectivity index (χ4n) is 2.96. The van der Waals surface area contributed by atoms with E-state index < -0.39 is 0 Å². The van der Waals surface area contributed by atoms with Gasteiger partial charge in [0, 0.05) is 25.7 Å². The summed E-state index contributed by atoms with van der Waals surface area (Å²) in [6, 6.07) is 15.2. The number of hydrogen-bond donors (Lipinski definition) is 2. The highest BCUT2D eigenvalue weighted by molar-refractivity contribution is 5.97. The minimum Gasteiger partial charge on any atom is -0.378 e. The molecule has 2 amide bonds. The first-order valence-electron chi connectivity index (χ1n) is 8.70. The molecule has 1 fully saturated rings. The molecule has 0 saturated carbocycles. The molecular formula is C20H23N3O3. The van der Waals surface area contributed by atoms with E-state index in [0.717, 1.165) is 30.0 Å². The lowest BCUT2D eigenvalue weighted by atomic mass is 10.1. The van der Waals surface area contributed by atoms with Crippen LogP contribution in [0.5, 0.6) is 0 Å². The fraction of sp³-hybridized carbons (Fsp3) is 0.300. The van der Waals surface area contributed by atoms with Gasteiger partial charge in [-0.3, -0.25) is 9.59 Å². The van der Waals surface area contributed by atoms with Crippen LogP contribution in [0, 0.1) is 0 Å². The van der Waals surface area contributed by atoms with Crippen LogP contribution in [0.4, 0.5) is 17.1 Å². The normalized spacial score (nSPS) is 14.0. The summed E-state index contributed by atoms with van der Waals surface area (Å²) in [4.78, 5) is 26.0. The Labute approximate surface area is 153 Å². The standard InChI is InChI=1S/C20H23N3O3/c1-15(24)21-17-7-8-18(19(14-17)23-9-11-26-12-10-23)22-20(25)13-16-5-3-2-4-6-16/h2-8,14H,9-13H2,1H3,(H,21,24)(H,22,25). The summed E-state index contributed by atoms with van der Waals surface area (Å²) in [5, 5.41) is 5.80. The minimum atomic E-state index is -0.126. The van der Waals surface area contributed by atoms with Gasteiger partial charge in [-0.25, -0.2) is 0 Å². The van der Waals surface area contributed by atoms with Crippen molar-refractivity contribution < 1.29 is 14.3 Å². The maximum Gasteiger partial charge on any atom is 0.228 e. The minimum absolute atomic E-state index is 0.0713. The topological polar surface area (TPSA) is 70.7 Å². The quantitative estimate of drug-likeness (QED) is 0.867. The van der Waals surface area contributed by atoms with Crippen molar-refractivity contribution in [2.45, 2.75) is 13.3 Å². The SMILES string of the molecule is CC(=O)Nc1ccc(NC(=O)Cc2ccccc2)c(N2CCOCC2)c1. The van der Waals surface area contributed by atoms with E-state index in [2.05, 4.69) is 15.5 Å². The Balaban J connectivity index is 1.79. The molecule has 136 valence electrons. The lowest BCUT2D eigenvalue weighted by Gasteiger charge is -2.31. The molecule has 6 nitrogen and oxygen atoms in total. The van der Waals surface area contributed by atoms with Crippen molar-refractivity contribution >= 4 is 28.9 Å². The Kier molecular flexibility index (Phi) is 5.86. The number of nitrogens with zero attached hydrogens (tertiary/aromatic N) is 1. The third-order valence-corrected chi connectivity index (χ3v) is 4.15. The summed E-state index contributed by atoms with van der Waals surface area (Å²) >= 11 is 0. The second-order valence-corrected chi connectivity index (χ2v) is 6.22. The zero-order valence-electron chi connectivity index (χ0n) is 14.8. The highest BCUT2D eigenvalue weighted by Gasteiger charge is 2.17. The summed E-state index contributed by atoms with van der Waals surface area (Å²) in [5.41, 5.74) is 3.30. The van der Waals surface area contributed by atoms with Crippen molar-refractivity contribution in [3.05, 3.63) is 54.1 Å². The van der Waals surface area contributed by atoms with E-state index in [4.69, 9.17) is 4.74 Å². The Morgan fingerprint density at radius 2 is 1.77 bits per heavy atom. The molecule has 2 aromatic rings. The van der Waals surface area contributed by atoms with Gasteiger partial charge in [-0.2, -0.15) is 0 Å². The number of hydrogen-bond acceptors (Lipinski definition) is 4. The molecular weight excluding hydrogens is 330 g/mol. The van der Waals surface area contributed by atoms with Crippen molar-refractivity contribution in [3.8, 4) is 0 Å². The monoisotopic (exact) mass is 353 g/mol. The summed E-state index contributed by atoms with van der Waals surface area (Å²) in [5.74, 6) is -0.197. The first-order valence-corrected chi connectivity index (χ1v) is 8.70. The molecule has 0 aliphatic carbocycles. The van der Waals surface area contributed by atoms with Crippen molar-refractivity contribution in [1.29, 1.82) is 0 Å². The van der Waals surface area contributed by atoms with Gasteiger partial charge < -0.3 is 20.3 Å². The zero-order chi connectivity index (χ0) is 18.4. The van der Waals surface area contributed by atoms with E-state index in [9.17, 15) is 9.59 Å². The molecule has 0 radical (unpaired) electrons. The Morgan fingerprint density at radius 3 is 2.46 bits per heavy atom. The van der Waals surface area contributed by atoms with Gasteiger partial charge >= 0.3 is 0 Å². The highest BCUT2D eigenvalue weighted by Crippen LogP contribution is 2.30. The van der Waals surface area contributed by atoms with Crippen LogP contribution in [0.25, 0.3) is 0 Å². The number of benzene rings is 2. The molecule has 1 saturated heterocycles. The Hall–Kier alpha value is -2.86. The molecule has 1 aliphatic heterocycles. The van der Waals surface area contributed by atoms with Gasteiger partial charge in [-0.15, -0.1) is 0 Å². The summed E-state index contributed by atoms with van der Waals surface area (Å²) in [6.07, 6.45) is 0.316. The van der Waals surface area contributed by atoms with Crippen LogP contribution in [0.15, 0.2) is 48.5 Å². The first kappa shape index (κ1) is 17.9. The van der Waals surface area contributed by atoms with Crippen molar-refractivity contribution in [2.75, 3.05) is 41.8 Å². The number of morpholine rings is 1. The van der Waals surface area contributed by atoms with Gasteiger partial charge in [-0.1, -0.05) is 30.3 Å². The zero-order valence-corrected chi connectivity index (χ0v) is 14.8. The van der Waals surface area contributed by atoms with Crippen LogP contribution >= 0.6 is 0 Å². The van der Waals surface area contributed by atoms with Crippen LogP contribution < -0.4 is 15.5 Å². The van der Waals surface area contributed by atoms with Gasteiger partial charge in [-0.05, 0) is 23.8 Å². The van der Waals surface area contributed by atoms with E-state index >= 15 is 0 Å². The molecule has 1 aliphatic rings. The molecule has 0 spiro atoms. The highest BCUT2D eigenvalue weighted by atomic mass is 16.5. The number of ether oxygens (including phenoxy) is 1. The molecule has 3 rings (SSSR count). The second-order valence-electron chi connectivity index (χ2n) is 6.22. The molecule has 2 N–H and O–H groups in total. The second kappa shape index (κ2) is 8.49. The summed E-state index contributed by atoms with van der Waals surface area (Å²) < 4.78 is 5.42. The molecule has 0 atom stereocenters. The van der Waals surface area contributed by atoms with Crippen LogP contribution in [0.2, 0.25) is 0 Å². The Bertz CT molecular complexity index is 771. The van der Waals surface area contributed by atoms with Crippen LogP contribution in [-0.2, 0) is 20.7 Å². The third-order valence-electron chi connectivity index (χ3n) is 4.15. The molecule has 26 heavy (non-hydrogen) atoms. The Morgan fingerprint density at radius 1 is 1.04 bits per heavy atom.